The van der Waals surface area contributed by atoms with Crippen molar-refractivity contribution in [2.75, 3.05) is 6.54 Å². The molecule has 2 rings (SSSR count). The van der Waals surface area contributed by atoms with Crippen LogP contribution in [0.3, 0.4) is 0 Å². The van der Waals surface area contributed by atoms with Crippen LogP contribution in [-0.4, -0.2) is 35.5 Å². The van der Waals surface area contributed by atoms with Gasteiger partial charge in [0.15, 0.2) is 0 Å². The molecular formula is C17H26N2O2. The Morgan fingerprint density at radius 2 is 2.24 bits per heavy atom. The Balaban J connectivity index is 1.99. The Morgan fingerprint density at radius 3 is 2.90 bits per heavy atom. The third-order valence-corrected chi connectivity index (χ3v) is 3.86. The number of hydrogen-bond donors (Lipinski definition) is 1. The molecule has 0 saturated carbocycles. The summed E-state index contributed by atoms with van der Waals surface area (Å²) >= 11 is 0. The van der Waals surface area contributed by atoms with Gasteiger partial charge in [0.05, 0.1) is 12.5 Å². The number of likely N-dealkylation sites (tertiary alicyclic amines) is 1. The molecule has 1 heterocycles. The van der Waals surface area contributed by atoms with E-state index in [1.165, 1.54) is 0 Å². The lowest BCUT2D eigenvalue weighted by Crippen LogP contribution is -2.48. The van der Waals surface area contributed by atoms with E-state index in [1.807, 2.05) is 43.0 Å². The average molecular weight is 290 g/mol. The molecule has 1 aliphatic heterocycles. The summed E-state index contributed by atoms with van der Waals surface area (Å²) < 4.78 is 5.68. The van der Waals surface area contributed by atoms with Crippen molar-refractivity contribution in [2.45, 2.75) is 58.2 Å². The van der Waals surface area contributed by atoms with Crippen LogP contribution in [0.15, 0.2) is 24.3 Å². The molecule has 4 nitrogen and oxygen atoms in total. The van der Waals surface area contributed by atoms with E-state index in [2.05, 4.69) is 6.92 Å². The molecule has 0 unspecified atom stereocenters. The number of ether oxygens (including phenoxy) is 1. The molecule has 1 saturated heterocycles. The highest BCUT2D eigenvalue weighted by atomic mass is 16.5. The molecular weight excluding hydrogens is 264 g/mol. The molecule has 0 spiro atoms. The fourth-order valence-corrected chi connectivity index (χ4v) is 2.86. The monoisotopic (exact) mass is 290 g/mol. The van der Waals surface area contributed by atoms with Gasteiger partial charge < -0.3 is 15.4 Å². The van der Waals surface area contributed by atoms with Crippen molar-refractivity contribution in [1.82, 2.24) is 4.90 Å². The molecule has 0 aliphatic carbocycles. The maximum Gasteiger partial charge on any atom is 0.227 e. The fraction of sp³-hybridized carbons (Fsp3) is 0.588. The van der Waals surface area contributed by atoms with E-state index in [4.69, 9.17) is 10.5 Å². The van der Waals surface area contributed by atoms with Crippen molar-refractivity contribution in [3.63, 3.8) is 0 Å². The van der Waals surface area contributed by atoms with E-state index in [-0.39, 0.29) is 24.1 Å². The average Bonchev–Trinajstić information content (AvgIpc) is 2.37. The van der Waals surface area contributed by atoms with Gasteiger partial charge in [-0.1, -0.05) is 12.1 Å². The molecule has 1 aromatic rings. The Hall–Kier alpha value is -1.55. The van der Waals surface area contributed by atoms with Crippen LogP contribution in [0.25, 0.3) is 0 Å². The quantitative estimate of drug-likeness (QED) is 0.926. The number of nitrogens with zero attached hydrogens (tertiary/aromatic N) is 1. The summed E-state index contributed by atoms with van der Waals surface area (Å²) in [6.07, 6.45) is 2.35. The molecule has 1 fully saturated rings. The van der Waals surface area contributed by atoms with Gasteiger partial charge in [0.1, 0.15) is 5.75 Å². The molecule has 2 N–H and O–H groups in total. The summed E-state index contributed by atoms with van der Waals surface area (Å²) in [4.78, 5) is 14.4. The van der Waals surface area contributed by atoms with Crippen LogP contribution in [0, 0.1) is 0 Å². The molecule has 0 radical (unpaired) electrons. The van der Waals surface area contributed by atoms with Crippen molar-refractivity contribution >= 4 is 5.91 Å². The minimum Gasteiger partial charge on any atom is -0.491 e. The first-order chi connectivity index (χ1) is 9.95. The van der Waals surface area contributed by atoms with Crippen molar-refractivity contribution in [3.05, 3.63) is 29.8 Å². The number of benzene rings is 1. The number of piperidine rings is 1. The van der Waals surface area contributed by atoms with Gasteiger partial charge in [-0.05, 0) is 51.3 Å². The van der Waals surface area contributed by atoms with Gasteiger partial charge >= 0.3 is 0 Å². The van der Waals surface area contributed by atoms with Gasteiger partial charge in [0.2, 0.25) is 5.91 Å². The Kier molecular flexibility index (Phi) is 5.23. The van der Waals surface area contributed by atoms with Crippen molar-refractivity contribution in [1.29, 1.82) is 0 Å². The zero-order valence-corrected chi connectivity index (χ0v) is 13.2. The molecule has 0 aromatic heterocycles. The Bertz CT molecular complexity index is 487. The predicted molar refractivity (Wildman–Crippen MR) is 84.3 cm³/mol. The first kappa shape index (κ1) is 15.8. The normalized spacial score (nSPS) is 22.4. The third-order valence-electron chi connectivity index (χ3n) is 3.86. The van der Waals surface area contributed by atoms with Crippen LogP contribution < -0.4 is 10.5 Å². The molecule has 116 valence electrons. The van der Waals surface area contributed by atoms with E-state index in [0.29, 0.717) is 6.42 Å². The van der Waals surface area contributed by atoms with Crippen LogP contribution in [-0.2, 0) is 11.2 Å². The topological polar surface area (TPSA) is 55.6 Å². The van der Waals surface area contributed by atoms with E-state index in [0.717, 1.165) is 30.7 Å². The van der Waals surface area contributed by atoms with E-state index < -0.39 is 0 Å². The van der Waals surface area contributed by atoms with Crippen molar-refractivity contribution < 1.29 is 9.53 Å². The summed E-state index contributed by atoms with van der Waals surface area (Å²) in [5.74, 6) is 1.00. The highest BCUT2D eigenvalue weighted by Gasteiger charge is 2.26. The third kappa shape index (κ3) is 4.46. The number of amides is 1. The van der Waals surface area contributed by atoms with Crippen molar-refractivity contribution in [2.24, 2.45) is 5.73 Å². The molecule has 1 aromatic carbocycles. The van der Waals surface area contributed by atoms with Crippen LogP contribution in [0.4, 0.5) is 0 Å². The van der Waals surface area contributed by atoms with E-state index in [1.54, 1.807) is 0 Å². The van der Waals surface area contributed by atoms with E-state index in [9.17, 15) is 4.79 Å². The van der Waals surface area contributed by atoms with Crippen LogP contribution in [0.5, 0.6) is 5.75 Å². The second-order valence-corrected chi connectivity index (χ2v) is 6.21. The SMILES string of the molecule is CC(C)Oc1cccc(CC(=O)N2CC[C@H](N)C[C@H]2C)c1. The molecule has 0 bridgehead atoms. The van der Waals surface area contributed by atoms with Crippen LogP contribution in [0.1, 0.15) is 39.2 Å². The largest absolute Gasteiger partial charge is 0.491 e. The number of nitrogens with two attached hydrogens (primary N) is 1. The first-order valence-corrected chi connectivity index (χ1v) is 7.76. The van der Waals surface area contributed by atoms with Crippen LogP contribution >= 0.6 is 0 Å². The number of carbonyl (C=O) groups excluding carboxylic acids is 1. The number of rotatable bonds is 4. The fourth-order valence-electron chi connectivity index (χ4n) is 2.86. The second kappa shape index (κ2) is 6.94. The molecule has 4 heteroatoms. The van der Waals surface area contributed by atoms with Gasteiger partial charge in [0, 0.05) is 18.6 Å². The standard InChI is InChI=1S/C17H26N2O2/c1-12(2)21-16-6-4-5-14(10-16)11-17(20)19-8-7-15(18)9-13(19)3/h4-6,10,12-13,15H,7-9,11,18H2,1-3H3/t13-,15+/m1/s1. The lowest BCUT2D eigenvalue weighted by Gasteiger charge is -2.36. The smallest absolute Gasteiger partial charge is 0.227 e. The highest BCUT2D eigenvalue weighted by Crippen LogP contribution is 2.19. The number of carbonyl (C=O) groups is 1. The summed E-state index contributed by atoms with van der Waals surface area (Å²) in [5.41, 5.74) is 6.95. The lowest BCUT2D eigenvalue weighted by molar-refractivity contribution is -0.133. The zero-order chi connectivity index (χ0) is 15.4. The van der Waals surface area contributed by atoms with Crippen molar-refractivity contribution in [3.8, 4) is 5.75 Å². The summed E-state index contributed by atoms with van der Waals surface area (Å²) in [6.45, 7) is 6.84. The Labute approximate surface area is 127 Å². The molecule has 1 amide bonds. The molecule has 2 atom stereocenters. The maximum atomic E-state index is 12.5. The summed E-state index contributed by atoms with van der Waals surface area (Å²) in [5, 5.41) is 0. The van der Waals surface area contributed by atoms with Gasteiger partial charge in [-0.3, -0.25) is 4.79 Å². The highest BCUT2D eigenvalue weighted by molar-refractivity contribution is 5.79. The second-order valence-electron chi connectivity index (χ2n) is 6.21. The summed E-state index contributed by atoms with van der Waals surface area (Å²) in [7, 11) is 0. The first-order valence-electron chi connectivity index (χ1n) is 7.76. The Morgan fingerprint density at radius 1 is 1.48 bits per heavy atom. The van der Waals surface area contributed by atoms with Gasteiger partial charge in [-0.15, -0.1) is 0 Å². The molecule has 1 aliphatic rings. The zero-order valence-electron chi connectivity index (χ0n) is 13.2. The van der Waals surface area contributed by atoms with Gasteiger partial charge in [-0.2, -0.15) is 0 Å². The molecule has 21 heavy (non-hydrogen) atoms. The summed E-state index contributed by atoms with van der Waals surface area (Å²) in [6, 6.07) is 8.26. The van der Waals surface area contributed by atoms with E-state index >= 15 is 0 Å². The maximum absolute atomic E-state index is 12.5. The lowest BCUT2D eigenvalue weighted by atomic mass is 9.98. The minimum atomic E-state index is 0.138. The van der Waals surface area contributed by atoms with Gasteiger partial charge in [-0.25, -0.2) is 0 Å². The number of hydrogen-bond acceptors (Lipinski definition) is 3. The van der Waals surface area contributed by atoms with Gasteiger partial charge in [0.25, 0.3) is 0 Å². The predicted octanol–water partition coefficient (Wildman–Crippen LogP) is 2.35. The van der Waals surface area contributed by atoms with Crippen LogP contribution in [0.2, 0.25) is 0 Å². The minimum absolute atomic E-state index is 0.138.